The summed E-state index contributed by atoms with van der Waals surface area (Å²) in [6.07, 6.45) is 0.765. The molecule has 0 radical (unpaired) electrons. The molecule has 2 aromatic rings. The van der Waals surface area contributed by atoms with Gasteiger partial charge < -0.3 is 14.4 Å². The summed E-state index contributed by atoms with van der Waals surface area (Å²) in [5, 5.41) is 0. The Hall–Kier alpha value is -2.27. The van der Waals surface area contributed by atoms with E-state index in [9.17, 15) is 4.79 Å². The fourth-order valence-electron chi connectivity index (χ4n) is 2.98. The molecule has 4 rings (SSSR count). The second-order valence-electron chi connectivity index (χ2n) is 5.50. The number of carbonyl (C=O) groups is 1. The van der Waals surface area contributed by atoms with Gasteiger partial charge in [0, 0.05) is 22.3 Å². The number of fused-ring (bicyclic) bond motifs is 2. The van der Waals surface area contributed by atoms with E-state index in [0.717, 1.165) is 27.8 Å². The summed E-state index contributed by atoms with van der Waals surface area (Å²) in [4.78, 5) is 14.6. The molecule has 0 fully saturated rings. The first-order valence-corrected chi connectivity index (χ1v) is 8.12. The lowest BCUT2D eigenvalue weighted by Crippen LogP contribution is -2.34. The first kappa shape index (κ1) is 14.3. The van der Waals surface area contributed by atoms with Gasteiger partial charge in [-0.25, -0.2) is 0 Å². The summed E-state index contributed by atoms with van der Waals surface area (Å²) in [6.45, 7) is 4.98. The van der Waals surface area contributed by atoms with E-state index in [1.165, 1.54) is 0 Å². The molecule has 2 aliphatic rings. The van der Waals surface area contributed by atoms with Crippen LogP contribution in [0, 0.1) is 0 Å². The molecular weight excluding hydrogens is 358 g/mol. The van der Waals surface area contributed by atoms with Gasteiger partial charge in [0.15, 0.2) is 11.5 Å². The van der Waals surface area contributed by atoms with Crippen LogP contribution in [0.1, 0.15) is 21.5 Å². The van der Waals surface area contributed by atoms with Crippen molar-refractivity contribution in [1.29, 1.82) is 0 Å². The minimum atomic E-state index is -0.0502. The highest BCUT2D eigenvalue weighted by molar-refractivity contribution is 9.10. The smallest absolute Gasteiger partial charge is 0.259 e. The fraction of sp³-hybridized carbons (Fsp3) is 0.167. The van der Waals surface area contributed by atoms with Crippen LogP contribution >= 0.6 is 15.9 Å². The maximum atomic E-state index is 12.9. The molecule has 0 saturated carbocycles. The van der Waals surface area contributed by atoms with Gasteiger partial charge >= 0.3 is 0 Å². The van der Waals surface area contributed by atoms with Crippen LogP contribution in [0.2, 0.25) is 0 Å². The molecule has 0 aliphatic carbocycles. The van der Waals surface area contributed by atoms with Crippen molar-refractivity contribution in [1.82, 2.24) is 4.90 Å². The number of carbonyl (C=O) groups excluding carboxylic acids is 1. The van der Waals surface area contributed by atoms with Gasteiger partial charge in [0.05, 0.1) is 5.56 Å². The Labute approximate surface area is 142 Å². The zero-order valence-electron chi connectivity index (χ0n) is 12.3. The third-order valence-electron chi connectivity index (χ3n) is 4.19. The molecule has 0 spiro atoms. The zero-order chi connectivity index (χ0) is 16.0. The maximum absolute atomic E-state index is 12.9. The number of halogens is 1. The van der Waals surface area contributed by atoms with Gasteiger partial charge in [0.25, 0.3) is 5.91 Å². The van der Waals surface area contributed by atoms with Gasteiger partial charge in [0.2, 0.25) is 6.79 Å². The number of ether oxygens (including phenoxy) is 2. The van der Waals surface area contributed by atoms with Gasteiger partial charge in [-0.3, -0.25) is 4.79 Å². The minimum Gasteiger partial charge on any atom is -0.454 e. The Balaban J connectivity index is 1.70. The largest absolute Gasteiger partial charge is 0.454 e. The Bertz CT molecular complexity index is 831. The van der Waals surface area contributed by atoms with Crippen LogP contribution in [0.5, 0.6) is 11.5 Å². The Morgan fingerprint density at radius 2 is 1.91 bits per heavy atom. The van der Waals surface area contributed by atoms with E-state index in [-0.39, 0.29) is 12.7 Å². The van der Waals surface area contributed by atoms with Crippen LogP contribution in [0.25, 0.3) is 5.70 Å². The van der Waals surface area contributed by atoms with E-state index >= 15 is 0 Å². The van der Waals surface area contributed by atoms with Crippen LogP contribution < -0.4 is 9.47 Å². The fourth-order valence-corrected chi connectivity index (χ4v) is 3.43. The van der Waals surface area contributed by atoms with Gasteiger partial charge in [-0.1, -0.05) is 18.7 Å². The molecule has 1 amide bonds. The predicted octanol–water partition coefficient (Wildman–Crippen LogP) is 3.85. The maximum Gasteiger partial charge on any atom is 0.259 e. The van der Waals surface area contributed by atoms with E-state index in [1.807, 2.05) is 36.4 Å². The van der Waals surface area contributed by atoms with Crippen LogP contribution in [0.15, 0.2) is 47.4 Å². The number of rotatable bonds is 1. The molecule has 0 unspecified atom stereocenters. The van der Waals surface area contributed by atoms with Crippen LogP contribution in [-0.4, -0.2) is 24.1 Å². The summed E-state index contributed by atoms with van der Waals surface area (Å²) >= 11 is 3.44. The predicted molar refractivity (Wildman–Crippen MR) is 90.5 cm³/mol. The molecule has 0 bridgehead atoms. The van der Waals surface area contributed by atoms with Crippen molar-refractivity contribution in [2.75, 3.05) is 13.3 Å². The molecule has 2 aliphatic heterocycles. The van der Waals surface area contributed by atoms with E-state index in [4.69, 9.17) is 9.47 Å². The van der Waals surface area contributed by atoms with Gasteiger partial charge in [-0.2, -0.15) is 0 Å². The van der Waals surface area contributed by atoms with Crippen molar-refractivity contribution in [2.45, 2.75) is 6.42 Å². The molecule has 2 heterocycles. The Morgan fingerprint density at radius 3 is 2.70 bits per heavy atom. The van der Waals surface area contributed by atoms with E-state index in [0.29, 0.717) is 23.6 Å². The van der Waals surface area contributed by atoms with Gasteiger partial charge in [-0.05, 0) is 52.2 Å². The molecule has 5 heteroatoms. The van der Waals surface area contributed by atoms with Crippen molar-refractivity contribution in [2.24, 2.45) is 0 Å². The lowest BCUT2D eigenvalue weighted by Gasteiger charge is -2.31. The Kier molecular flexibility index (Phi) is 3.38. The van der Waals surface area contributed by atoms with Crippen LogP contribution in [-0.2, 0) is 6.42 Å². The average molecular weight is 372 g/mol. The van der Waals surface area contributed by atoms with Crippen molar-refractivity contribution in [3.05, 3.63) is 64.1 Å². The molecule has 4 nitrogen and oxygen atoms in total. The summed E-state index contributed by atoms with van der Waals surface area (Å²) in [5.74, 6) is 1.42. The molecular formula is C18H14BrNO3. The number of hydrogen-bond donors (Lipinski definition) is 0. The molecule has 2 aromatic carbocycles. The summed E-state index contributed by atoms with van der Waals surface area (Å²) in [7, 11) is 0. The first-order valence-electron chi connectivity index (χ1n) is 7.33. The van der Waals surface area contributed by atoms with E-state index in [2.05, 4.69) is 22.5 Å². The Morgan fingerprint density at radius 1 is 1.17 bits per heavy atom. The lowest BCUT2D eigenvalue weighted by atomic mass is 9.95. The minimum absolute atomic E-state index is 0.0502. The highest BCUT2D eigenvalue weighted by Gasteiger charge is 2.28. The standard InChI is InChI=1S/C18H14BrNO3/c1-11-14-9-17-16(22-10-23-17)8-12(14)6-7-20(11)18(21)13-4-2-3-5-15(13)19/h2-5,8-9H,1,6-7,10H2. The zero-order valence-corrected chi connectivity index (χ0v) is 13.9. The molecule has 0 aromatic heterocycles. The second kappa shape index (κ2) is 5.42. The lowest BCUT2D eigenvalue weighted by molar-refractivity contribution is 0.0832. The monoisotopic (exact) mass is 371 g/mol. The molecule has 116 valence electrons. The summed E-state index contributed by atoms with van der Waals surface area (Å²) in [6, 6.07) is 11.3. The third kappa shape index (κ3) is 2.32. The third-order valence-corrected chi connectivity index (χ3v) is 4.88. The molecule has 0 N–H and O–H groups in total. The van der Waals surface area contributed by atoms with Gasteiger partial charge in [0.1, 0.15) is 0 Å². The number of nitrogens with zero attached hydrogens (tertiary/aromatic N) is 1. The molecule has 0 saturated heterocycles. The quantitative estimate of drug-likeness (QED) is 0.764. The highest BCUT2D eigenvalue weighted by atomic mass is 79.9. The average Bonchev–Trinajstić information content (AvgIpc) is 3.01. The SMILES string of the molecule is C=C1c2cc3c(cc2CCN1C(=O)c1ccccc1Br)OCO3. The second-order valence-corrected chi connectivity index (χ2v) is 6.35. The molecule has 23 heavy (non-hydrogen) atoms. The highest BCUT2D eigenvalue weighted by Crippen LogP contribution is 2.40. The number of benzene rings is 2. The molecule has 0 atom stereocenters. The van der Waals surface area contributed by atoms with Crippen molar-refractivity contribution >= 4 is 27.5 Å². The van der Waals surface area contributed by atoms with E-state index in [1.54, 1.807) is 4.90 Å². The topological polar surface area (TPSA) is 38.8 Å². The van der Waals surface area contributed by atoms with Crippen LogP contribution in [0.4, 0.5) is 0 Å². The van der Waals surface area contributed by atoms with Crippen molar-refractivity contribution < 1.29 is 14.3 Å². The number of hydrogen-bond acceptors (Lipinski definition) is 3. The number of amides is 1. The summed E-state index contributed by atoms with van der Waals surface area (Å²) in [5.41, 5.74) is 3.42. The van der Waals surface area contributed by atoms with Crippen molar-refractivity contribution in [3.63, 3.8) is 0 Å². The normalized spacial score (nSPS) is 15.5. The van der Waals surface area contributed by atoms with Crippen LogP contribution in [0.3, 0.4) is 0 Å². The summed E-state index contributed by atoms with van der Waals surface area (Å²) < 4.78 is 11.6. The van der Waals surface area contributed by atoms with E-state index < -0.39 is 0 Å². The van der Waals surface area contributed by atoms with Gasteiger partial charge in [-0.15, -0.1) is 0 Å². The van der Waals surface area contributed by atoms with Crippen molar-refractivity contribution in [3.8, 4) is 11.5 Å². The first-order chi connectivity index (χ1) is 11.1.